The summed E-state index contributed by atoms with van der Waals surface area (Å²) < 4.78 is 27.1. The van der Waals surface area contributed by atoms with E-state index in [0.717, 1.165) is 25.5 Å². The van der Waals surface area contributed by atoms with Crippen molar-refractivity contribution in [3.05, 3.63) is 63.3 Å². The molecule has 1 aromatic heterocycles. The van der Waals surface area contributed by atoms with E-state index in [1.54, 1.807) is 13.0 Å². The molecule has 1 aromatic carbocycles. The molecule has 122 valence electrons. The molecule has 0 amide bonds. The van der Waals surface area contributed by atoms with E-state index in [0.29, 0.717) is 30.2 Å². The van der Waals surface area contributed by atoms with Gasteiger partial charge in [0.15, 0.2) is 11.6 Å². The number of nitrogens with one attached hydrogen (secondary N) is 1. The van der Waals surface area contributed by atoms with Crippen molar-refractivity contribution in [2.45, 2.75) is 32.2 Å². The molecule has 2 aromatic rings. The summed E-state index contributed by atoms with van der Waals surface area (Å²) in [6, 6.07) is 5.72. The molecule has 1 N–H and O–H groups in total. The van der Waals surface area contributed by atoms with Crippen molar-refractivity contribution in [1.29, 1.82) is 0 Å². The summed E-state index contributed by atoms with van der Waals surface area (Å²) in [6.45, 7) is 3.64. The first-order chi connectivity index (χ1) is 11.0. The number of aromatic nitrogens is 2. The lowest BCUT2D eigenvalue weighted by atomic mass is 9.96. The number of H-pyrrole nitrogens is 1. The second kappa shape index (κ2) is 6.58. The minimum Gasteiger partial charge on any atom is -0.310 e. The van der Waals surface area contributed by atoms with Gasteiger partial charge in [0.05, 0.1) is 0 Å². The molecule has 23 heavy (non-hydrogen) atoms. The van der Waals surface area contributed by atoms with Gasteiger partial charge in [0.1, 0.15) is 5.82 Å². The second-order valence-electron chi connectivity index (χ2n) is 6.06. The smallest absolute Gasteiger partial charge is 0.251 e. The Balaban J connectivity index is 1.75. The van der Waals surface area contributed by atoms with E-state index in [4.69, 9.17) is 0 Å². The molecule has 0 spiro atoms. The molecule has 1 aliphatic rings. The number of halogens is 2. The van der Waals surface area contributed by atoms with Crippen molar-refractivity contribution in [2.75, 3.05) is 13.1 Å². The fourth-order valence-electron chi connectivity index (χ4n) is 3.13. The zero-order valence-corrected chi connectivity index (χ0v) is 13.0. The van der Waals surface area contributed by atoms with E-state index in [1.165, 1.54) is 12.1 Å². The summed E-state index contributed by atoms with van der Waals surface area (Å²) in [7, 11) is 0. The molecule has 2 heterocycles. The Kier molecular flexibility index (Phi) is 4.52. The van der Waals surface area contributed by atoms with Crippen molar-refractivity contribution in [3.63, 3.8) is 0 Å². The van der Waals surface area contributed by atoms with Gasteiger partial charge in [-0.2, -0.15) is 0 Å². The summed E-state index contributed by atoms with van der Waals surface area (Å²) in [5, 5.41) is 0. The van der Waals surface area contributed by atoms with Crippen LogP contribution in [0.2, 0.25) is 0 Å². The van der Waals surface area contributed by atoms with Crippen LogP contribution in [0, 0.1) is 18.6 Å². The van der Waals surface area contributed by atoms with Crippen LogP contribution in [-0.4, -0.2) is 28.0 Å². The van der Waals surface area contributed by atoms with E-state index >= 15 is 0 Å². The van der Waals surface area contributed by atoms with Gasteiger partial charge in [-0.25, -0.2) is 13.8 Å². The van der Waals surface area contributed by atoms with Gasteiger partial charge < -0.3 is 4.98 Å². The molecule has 3 rings (SSSR count). The SMILES string of the molecule is Cc1cc(=O)[nH]c([C@H]2CCCN(Cc3cccc(F)c3F)C2)n1. The number of benzene rings is 1. The summed E-state index contributed by atoms with van der Waals surface area (Å²) in [5.74, 6) is -0.815. The molecule has 0 bridgehead atoms. The summed E-state index contributed by atoms with van der Waals surface area (Å²) in [5.41, 5.74) is 0.897. The number of nitrogens with zero attached hydrogens (tertiary/aromatic N) is 2. The van der Waals surface area contributed by atoms with Crippen molar-refractivity contribution < 1.29 is 8.78 Å². The molecule has 1 fully saturated rings. The Morgan fingerprint density at radius 1 is 1.39 bits per heavy atom. The zero-order valence-electron chi connectivity index (χ0n) is 13.0. The molecular weight excluding hydrogens is 300 g/mol. The van der Waals surface area contributed by atoms with Gasteiger partial charge >= 0.3 is 0 Å². The molecule has 6 heteroatoms. The summed E-state index contributed by atoms with van der Waals surface area (Å²) >= 11 is 0. The molecule has 0 unspecified atom stereocenters. The van der Waals surface area contributed by atoms with Crippen molar-refractivity contribution in [2.24, 2.45) is 0 Å². The Morgan fingerprint density at radius 2 is 2.22 bits per heavy atom. The van der Waals surface area contributed by atoms with Crippen molar-refractivity contribution in [3.8, 4) is 0 Å². The van der Waals surface area contributed by atoms with Gasteiger partial charge in [-0.3, -0.25) is 9.69 Å². The van der Waals surface area contributed by atoms with Crippen LogP contribution in [0.4, 0.5) is 8.78 Å². The van der Waals surface area contributed by atoms with E-state index in [1.807, 2.05) is 0 Å². The first-order valence-electron chi connectivity index (χ1n) is 7.76. The number of likely N-dealkylation sites (tertiary alicyclic amines) is 1. The summed E-state index contributed by atoms with van der Waals surface area (Å²) in [6.07, 6.45) is 1.85. The normalized spacial score (nSPS) is 19.0. The van der Waals surface area contributed by atoms with Crippen LogP contribution in [0.3, 0.4) is 0 Å². The van der Waals surface area contributed by atoms with Gasteiger partial charge in [0.25, 0.3) is 5.56 Å². The largest absolute Gasteiger partial charge is 0.310 e. The Morgan fingerprint density at radius 3 is 3.00 bits per heavy atom. The van der Waals surface area contributed by atoms with Crippen LogP contribution in [0.5, 0.6) is 0 Å². The van der Waals surface area contributed by atoms with E-state index in [9.17, 15) is 13.6 Å². The minimum absolute atomic E-state index is 0.105. The lowest BCUT2D eigenvalue weighted by Gasteiger charge is -2.32. The lowest BCUT2D eigenvalue weighted by Crippen LogP contribution is -2.35. The average molecular weight is 319 g/mol. The highest BCUT2D eigenvalue weighted by Crippen LogP contribution is 2.25. The van der Waals surface area contributed by atoms with Crippen LogP contribution in [0.15, 0.2) is 29.1 Å². The Labute approximate surface area is 133 Å². The predicted molar refractivity (Wildman–Crippen MR) is 83.2 cm³/mol. The molecule has 0 aliphatic carbocycles. The van der Waals surface area contributed by atoms with Crippen LogP contribution in [0.1, 0.15) is 35.8 Å². The molecule has 0 radical (unpaired) electrons. The van der Waals surface area contributed by atoms with E-state index in [2.05, 4.69) is 14.9 Å². The molecule has 1 saturated heterocycles. The van der Waals surface area contributed by atoms with Crippen LogP contribution in [-0.2, 0) is 6.54 Å². The van der Waals surface area contributed by atoms with Gasteiger partial charge in [-0.15, -0.1) is 0 Å². The quantitative estimate of drug-likeness (QED) is 0.946. The molecule has 0 saturated carbocycles. The van der Waals surface area contributed by atoms with Gasteiger partial charge in [-0.1, -0.05) is 12.1 Å². The highest BCUT2D eigenvalue weighted by molar-refractivity contribution is 5.19. The van der Waals surface area contributed by atoms with Gasteiger partial charge in [-0.05, 0) is 32.4 Å². The third-order valence-electron chi connectivity index (χ3n) is 4.21. The van der Waals surface area contributed by atoms with Gasteiger partial charge in [0, 0.05) is 36.3 Å². The monoisotopic (exact) mass is 319 g/mol. The first-order valence-corrected chi connectivity index (χ1v) is 7.76. The van der Waals surface area contributed by atoms with Crippen LogP contribution < -0.4 is 5.56 Å². The maximum atomic E-state index is 13.8. The highest BCUT2D eigenvalue weighted by atomic mass is 19.2. The Hall–Kier alpha value is -2.08. The number of hydrogen-bond acceptors (Lipinski definition) is 3. The molecule has 4 nitrogen and oxygen atoms in total. The fraction of sp³-hybridized carbons (Fsp3) is 0.412. The first kappa shape index (κ1) is 15.8. The van der Waals surface area contributed by atoms with Crippen molar-refractivity contribution >= 4 is 0 Å². The summed E-state index contributed by atoms with van der Waals surface area (Å²) in [4.78, 5) is 20.9. The van der Waals surface area contributed by atoms with Gasteiger partial charge in [0.2, 0.25) is 0 Å². The number of piperidine rings is 1. The average Bonchev–Trinajstić information content (AvgIpc) is 2.51. The zero-order chi connectivity index (χ0) is 16.4. The number of rotatable bonds is 3. The maximum Gasteiger partial charge on any atom is 0.251 e. The highest BCUT2D eigenvalue weighted by Gasteiger charge is 2.24. The number of aryl methyl sites for hydroxylation is 1. The van der Waals surface area contributed by atoms with Crippen LogP contribution >= 0.6 is 0 Å². The lowest BCUT2D eigenvalue weighted by molar-refractivity contribution is 0.193. The number of aromatic amines is 1. The second-order valence-corrected chi connectivity index (χ2v) is 6.06. The van der Waals surface area contributed by atoms with Crippen molar-refractivity contribution in [1.82, 2.24) is 14.9 Å². The van der Waals surface area contributed by atoms with Crippen LogP contribution in [0.25, 0.3) is 0 Å². The van der Waals surface area contributed by atoms with E-state index < -0.39 is 11.6 Å². The predicted octanol–water partition coefficient (Wildman–Crippen LogP) is 2.74. The molecular formula is C17H19F2N3O. The fourth-order valence-corrected chi connectivity index (χ4v) is 3.13. The van der Waals surface area contributed by atoms with E-state index in [-0.39, 0.29) is 11.5 Å². The standard InChI is InChI=1S/C17H19F2N3O/c1-11-8-15(23)21-17(20-11)13-5-3-7-22(10-13)9-12-4-2-6-14(18)16(12)19/h2,4,6,8,13H,3,5,7,9-10H2,1H3,(H,20,21,23)/t13-/m0/s1. The Bertz CT molecular complexity index is 760. The maximum absolute atomic E-state index is 13.8. The molecule has 1 atom stereocenters. The number of hydrogen-bond donors (Lipinski definition) is 1. The third-order valence-corrected chi connectivity index (χ3v) is 4.21. The third kappa shape index (κ3) is 3.64. The molecule has 1 aliphatic heterocycles. The minimum atomic E-state index is -0.819. The topological polar surface area (TPSA) is 49.0 Å².